The first-order valence-electron chi connectivity index (χ1n) is 6.62. The third kappa shape index (κ3) is 2.07. The molecule has 2 atom stereocenters. The van der Waals surface area contributed by atoms with E-state index in [1.165, 1.54) is 11.1 Å². The normalized spacial score (nSPS) is 25.6. The molecule has 1 nitrogen and oxygen atoms in total. The van der Waals surface area contributed by atoms with Crippen molar-refractivity contribution in [3.8, 4) is 0 Å². The topological polar surface area (TPSA) is 3.24 Å². The number of nitrogens with zero attached hydrogens (tertiary/aromatic N) is 1. The van der Waals surface area contributed by atoms with Crippen molar-refractivity contribution >= 4 is 11.6 Å². The van der Waals surface area contributed by atoms with Gasteiger partial charge in [-0.3, -0.25) is 0 Å². The summed E-state index contributed by atoms with van der Waals surface area (Å²) in [4.78, 5) is 2.31. The molecule has 19 heavy (non-hydrogen) atoms. The number of halogens is 1. The molecule has 1 fully saturated rings. The molecule has 0 aliphatic heterocycles. The van der Waals surface area contributed by atoms with Crippen LogP contribution < -0.4 is 0 Å². The Morgan fingerprint density at radius 1 is 1.00 bits per heavy atom. The van der Waals surface area contributed by atoms with Gasteiger partial charge in [0.2, 0.25) is 0 Å². The first-order valence-corrected chi connectivity index (χ1v) is 7.00. The van der Waals surface area contributed by atoms with Gasteiger partial charge in [0, 0.05) is 16.5 Å². The molecule has 1 aliphatic carbocycles. The van der Waals surface area contributed by atoms with Gasteiger partial charge in [0.05, 0.1) is 0 Å². The lowest BCUT2D eigenvalue weighted by molar-refractivity contribution is 0.374. The van der Waals surface area contributed by atoms with Gasteiger partial charge in [0.15, 0.2) is 0 Å². The van der Waals surface area contributed by atoms with Gasteiger partial charge in [-0.1, -0.05) is 54.1 Å². The highest BCUT2D eigenvalue weighted by Crippen LogP contribution is 2.55. The van der Waals surface area contributed by atoms with E-state index in [-0.39, 0.29) is 5.41 Å². The molecule has 0 bridgehead atoms. The van der Waals surface area contributed by atoms with E-state index in [2.05, 4.69) is 61.5 Å². The lowest BCUT2D eigenvalue weighted by Gasteiger charge is -2.22. The third-order valence-corrected chi connectivity index (χ3v) is 4.41. The second-order valence-electron chi connectivity index (χ2n) is 5.53. The molecule has 2 heteroatoms. The number of hydrogen-bond acceptors (Lipinski definition) is 1. The van der Waals surface area contributed by atoms with Gasteiger partial charge < -0.3 is 4.90 Å². The average Bonchev–Trinajstić information content (AvgIpc) is 3.17. The zero-order chi connectivity index (χ0) is 13.5. The van der Waals surface area contributed by atoms with Crippen LogP contribution in [-0.4, -0.2) is 25.0 Å². The molecule has 0 saturated heterocycles. The van der Waals surface area contributed by atoms with Gasteiger partial charge in [-0.25, -0.2) is 0 Å². The molecule has 2 aromatic rings. The number of benzene rings is 2. The summed E-state index contributed by atoms with van der Waals surface area (Å²) in [5, 5.41) is 0.817. The first-order chi connectivity index (χ1) is 9.14. The SMILES string of the molecule is CN(C)C1CC1(c1ccccc1)c1cccc(Cl)c1. The van der Waals surface area contributed by atoms with Crippen molar-refractivity contribution in [3.05, 3.63) is 70.7 Å². The highest BCUT2D eigenvalue weighted by molar-refractivity contribution is 6.30. The second kappa shape index (κ2) is 4.66. The first kappa shape index (κ1) is 12.7. The minimum absolute atomic E-state index is 0.107. The maximum absolute atomic E-state index is 6.18. The molecular formula is C17H18ClN. The maximum atomic E-state index is 6.18. The van der Waals surface area contributed by atoms with Gasteiger partial charge in [0.1, 0.15) is 0 Å². The van der Waals surface area contributed by atoms with Crippen molar-refractivity contribution in [2.75, 3.05) is 14.1 Å². The zero-order valence-corrected chi connectivity index (χ0v) is 12.1. The van der Waals surface area contributed by atoms with Crippen molar-refractivity contribution < 1.29 is 0 Å². The molecule has 0 aromatic heterocycles. The fourth-order valence-electron chi connectivity index (χ4n) is 3.16. The molecule has 98 valence electrons. The van der Waals surface area contributed by atoms with Crippen molar-refractivity contribution in [1.29, 1.82) is 0 Å². The van der Waals surface area contributed by atoms with Crippen LogP contribution in [-0.2, 0) is 5.41 Å². The van der Waals surface area contributed by atoms with E-state index in [1.807, 2.05) is 12.1 Å². The molecule has 0 spiro atoms. The number of rotatable bonds is 3. The Kier molecular flexibility index (Phi) is 3.12. The van der Waals surface area contributed by atoms with Crippen molar-refractivity contribution in [2.45, 2.75) is 17.9 Å². The summed E-state index contributed by atoms with van der Waals surface area (Å²) >= 11 is 6.18. The van der Waals surface area contributed by atoms with Crippen LogP contribution in [0.25, 0.3) is 0 Å². The standard InChI is InChI=1S/C17H18ClN/c1-19(2)16-12-17(16,13-7-4-3-5-8-13)14-9-6-10-15(18)11-14/h3-11,16H,12H2,1-2H3. The molecule has 2 aromatic carbocycles. The van der Waals surface area contributed by atoms with E-state index in [0.29, 0.717) is 6.04 Å². The van der Waals surface area contributed by atoms with Crippen LogP contribution in [0.4, 0.5) is 0 Å². The summed E-state index contributed by atoms with van der Waals surface area (Å²) in [5.74, 6) is 0. The van der Waals surface area contributed by atoms with Crippen molar-refractivity contribution in [2.24, 2.45) is 0 Å². The molecule has 3 rings (SSSR count). The van der Waals surface area contributed by atoms with Crippen LogP contribution in [0.3, 0.4) is 0 Å². The number of hydrogen-bond donors (Lipinski definition) is 0. The lowest BCUT2D eigenvalue weighted by atomic mass is 9.87. The van der Waals surface area contributed by atoms with Crippen LogP contribution in [0.5, 0.6) is 0 Å². The minimum atomic E-state index is 0.107. The molecule has 0 radical (unpaired) electrons. The third-order valence-electron chi connectivity index (χ3n) is 4.18. The lowest BCUT2D eigenvalue weighted by Crippen LogP contribution is -2.25. The van der Waals surface area contributed by atoms with E-state index in [9.17, 15) is 0 Å². The van der Waals surface area contributed by atoms with E-state index in [0.717, 1.165) is 11.4 Å². The zero-order valence-electron chi connectivity index (χ0n) is 11.3. The van der Waals surface area contributed by atoms with Gasteiger partial charge >= 0.3 is 0 Å². The molecule has 1 aliphatic rings. The fraction of sp³-hybridized carbons (Fsp3) is 0.294. The predicted octanol–water partition coefficient (Wildman–Crippen LogP) is 3.96. The molecule has 0 heterocycles. The Hall–Kier alpha value is -1.31. The Morgan fingerprint density at radius 2 is 1.68 bits per heavy atom. The Bertz CT molecular complexity index is 579. The van der Waals surface area contributed by atoms with Crippen LogP contribution in [0.1, 0.15) is 17.5 Å². The largest absolute Gasteiger partial charge is 0.305 e. The highest BCUT2D eigenvalue weighted by atomic mass is 35.5. The van der Waals surface area contributed by atoms with E-state index < -0.39 is 0 Å². The quantitative estimate of drug-likeness (QED) is 0.817. The van der Waals surface area contributed by atoms with Gasteiger partial charge in [0.25, 0.3) is 0 Å². The average molecular weight is 272 g/mol. The van der Waals surface area contributed by atoms with Crippen molar-refractivity contribution in [1.82, 2.24) is 4.90 Å². The molecule has 0 amide bonds. The summed E-state index contributed by atoms with van der Waals surface area (Å²) in [6.07, 6.45) is 1.16. The summed E-state index contributed by atoms with van der Waals surface area (Å²) in [5.41, 5.74) is 2.82. The summed E-state index contributed by atoms with van der Waals surface area (Å²) < 4.78 is 0. The Morgan fingerprint density at radius 3 is 2.26 bits per heavy atom. The Balaban J connectivity index is 2.10. The summed E-state index contributed by atoms with van der Waals surface area (Å²) in [6.45, 7) is 0. The Labute approximate surface area is 119 Å². The van der Waals surface area contributed by atoms with Gasteiger partial charge in [-0.15, -0.1) is 0 Å². The van der Waals surface area contributed by atoms with E-state index >= 15 is 0 Å². The fourth-order valence-corrected chi connectivity index (χ4v) is 3.35. The second-order valence-corrected chi connectivity index (χ2v) is 5.97. The van der Waals surface area contributed by atoms with Crippen LogP contribution in [0.2, 0.25) is 5.02 Å². The van der Waals surface area contributed by atoms with Crippen LogP contribution in [0, 0.1) is 0 Å². The highest BCUT2D eigenvalue weighted by Gasteiger charge is 2.57. The van der Waals surface area contributed by atoms with E-state index in [1.54, 1.807) is 0 Å². The summed E-state index contributed by atoms with van der Waals surface area (Å²) in [7, 11) is 4.31. The molecule has 2 unspecified atom stereocenters. The molecular weight excluding hydrogens is 254 g/mol. The van der Waals surface area contributed by atoms with Gasteiger partial charge in [-0.05, 0) is 43.8 Å². The number of likely N-dealkylation sites (N-methyl/N-ethyl adjacent to an activating group) is 1. The summed E-state index contributed by atoms with van der Waals surface area (Å²) in [6, 6.07) is 19.6. The van der Waals surface area contributed by atoms with Crippen LogP contribution >= 0.6 is 11.6 Å². The predicted molar refractivity (Wildman–Crippen MR) is 80.8 cm³/mol. The van der Waals surface area contributed by atoms with E-state index in [4.69, 9.17) is 11.6 Å². The maximum Gasteiger partial charge on any atom is 0.0409 e. The smallest absolute Gasteiger partial charge is 0.0409 e. The van der Waals surface area contributed by atoms with Crippen LogP contribution in [0.15, 0.2) is 54.6 Å². The minimum Gasteiger partial charge on any atom is -0.305 e. The van der Waals surface area contributed by atoms with Gasteiger partial charge in [-0.2, -0.15) is 0 Å². The van der Waals surface area contributed by atoms with Crippen molar-refractivity contribution in [3.63, 3.8) is 0 Å². The molecule has 0 N–H and O–H groups in total. The molecule has 1 saturated carbocycles. The monoisotopic (exact) mass is 271 g/mol.